The summed E-state index contributed by atoms with van der Waals surface area (Å²) in [6.07, 6.45) is 0. The smallest absolute Gasteiger partial charge is 0.146 e. The second kappa shape index (κ2) is 5.15. The van der Waals surface area contributed by atoms with Gasteiger partial charge in [-0.3, -0.25) is 0 Å². The van der Waals surface area contributed by atoms with E-state index < -0.39 is 6.67 Å². The second-order valence-corrected chi connectivity index (χ2v) is 4.50. The van der Waals surface area contributed by atoms with Crippen LogP contribution < -0.4 is 0 Å². The molecule has 0 N–H and O–H groups in total. The molecule has 0 fully saturated rings. The summed E-state index contributed by atoms with van der Waals surface area (Å²) in [6.45, 7) is -0.565. The van der Waals surface area contributed by atoms with E-state index in [1.807, 2.05) is 24.3 Å². The molecule has 0 saturated carbocycles. The van der Waals surface area contributed by atoms with Crippen molar-refractivity contribution in [2.24, 2.45) is 0 Å². The Kier molecular flexibility index (Phi) is 3.80. The van der Waals surface area contributed by atoms with Crippen LogP contribution >= 0.6 is 11.3 Å². The van der Waals surface area contributed by atoms with Gasteiger partial charge in [0.25, 0.3) is 0 Å². The van der Waals surface area contributed by atoms with Crippen molar-refractivity contribution in [2.45, 2.75) is 6.67 Å². The summed E-state index contributed by atoms with van der Waals surface area (Å²) in [6, 6.07) is 14.7. The predicted molar refractivity (Wildman–Crippen MR) is 63.2 cm³/mol. The maximum absolute atomic E-state index is 12.4. The molecule has 1 nitrogen and oxygen atoms in total. The van der Waals surface area contributed by atoms with Gasteiger partial charge >= 0.3 is 0 Å². The maximum Gasteiger partial charge on any atom is 0.146 e. The third kappa shape index (κ3) is 2.36. The van der Waals surface area contributed by atoms with Crippen molar-refractivity contribution in [1.29, 1.82) is 0 Å². The van der Waals surface area contributed by atoms with E-state index in [-0.39, 0.29) is 21.1 Å². The van der Waals surface area contributed by atoms with Crippen LogP contribution in [0.1, 0.15) is 5.76 Å². The molecule has 90 valence electrons. The number of hydrogen-bond acceptors (Lipinski definition) is 2. The van der Waals surface area contributed by atoms with Gasteiger partial charge < -0.3 is 4.42 Å². The van der Waals surface area contributed by atoms with Gasteiger partial charge in [0, 0.05) is 21.1 Å². The molecule has 0 aliphatic carbocycles. The van der Waals surface area contributed by atoms with E-state index in [2.05, 4.69) is 6.07 Å². The van der Waals surface area contributed by atoms with Crippen molar-refractivity contribution in [3.05, 3.63) is 48.2 Å². The van der Waals surface area contributed by atoms with Crippen LogP contribution in [0, 0.1) is 6.07 Å². The Bertz CT molecular complexity index is 596. The summed E-state index contributed by atoms with van der Waals surface area (Å²) < 4.78 is 18.9. The van der Waals surface area contributed by atoms with Gasteiger partial charge in [-0.15, -0.1) is 23.6 Å². The average Bonchev–Trinajstić information content (AvgIpc) is 2.95. The third-order valence-electron chi connectivity index (χ3n) is 2.36. The topological polar surface area (TPSA) is 13.1 Å². The molecular formula is C13H8FOPtS-. The first kappa shape index (κ1) is 12.5. The summed E-state index contributed by atoms with van der Waals surface area (Å²) in [5.74, 6) is 1.05. The van der Waals surface area contributed by atoms with Crippen molar-refractivity contribution in [2.75, 3.05) is 0 Å². The summed E-state index contributed by atoms with van der Waals surface area (Å²) in [5, 5.41) is 1.07. The number of hydrogen-bond donors (Lipinski definition) is 0. The molecular weight excluding hydrogens is 418 g/mol. The quantitative estimate of drug-likeness (QED) is 0.553. The van der Waals surface area contributed by atoms with Gasteiger partial charge in [-0.25, -0.2) is 15.7 Å². The fraction of sp³-hybridized carbons (Fsp3) is 0.0769. The SMILES string of the molecule is FCc1ccc(-c2[c-]c3ccccc3s2)o1.[Pt]. The van der Waals surface area contributed by atoms with Gasteiger partial charge in [-0.2, -0.15) is 0 Å². The molecule has 0 aliphatic heterocycles. The van der Waals surface area contributed by atoms with Gasteiger partial charge in [-0.05, 0) is 15.6 Å². The number of fused-ring (bicyclic) bond motifs is 1. The minimum absolute atomic E-state index is 0. The van der Waals surface area contributed by atoms with Crippen molar-refractivity contribution < 1.29 is 29.9 Å². The molecule has 0 atom stereocenters. The summed E-state index contributed by atoms with van der Waals surface area (Å²) in [5.41, 5.74) is 0. The van der Waals surface area contributed by atoms with E-state index in [1.165, 1.54) is 0 Å². The molecule has 4 heteroatoms. The molecule has 0 radical (unpaired) electrons. The van der Waals surface area contributed by atoms with Gasteiger partial charge in [0.2, 0.25) is 0 Å². The van der Waals surface area contributed by atoms with E-state index >= 15 is 0 Å². The predicted octanol–water partition coefficient (Wildman–Crippen LogP) is 4.43. The molecule has 3 aromatic rings. The van der Waals surface area contributed by atoms with Crippen molar-refractivity contribution in [3.63, 3.8) is 0 Å². The Labute approximate surface area is 117 Å². The first-order valence-electron chi connectivity index (χ1n) is 4.93. The fourth-order valence-electron chi connectivity index (χ4n) is 1.60. The van der Waals surface area contributed by atoms with E-state index in [0.717, 1.165) is 15.0 Å². The molecule has 0 unspecified atom stereocenters. The fourth-order valence-corrected chi connectivity index (χ4v) is 2.57. The van der Waals surface area contributed by atoms with Crippen LogP contribution in [0.5, 0.6) is 0 Å². The number of benzene rings is 1. The number of halogens is 1. The van der Waals surface area contributed by atoms with Crippen LogP contribution in [-0.2, 0) is 27.7 Å². The molecule has 3 rings (SSSR count). The van der Waals surface area contributed by atoms with Crippen molar-refractivity contribution >= 4 is 21.4 Å². The van der Waals surface area contributed by atoms with Crippen molar-refractivity contribution in [3.8, 4) is 10.6 Å². The van der Waals surface area contributed by atoms with Gasteiger partial charge in [0.05, 0.1) is 5.76 Å². The number of alkyl halides is 1. The average molecular weight is 426 g/mol. The largest absolute Gasteiger partial charge is 0.500 e. The van der Waals surface area contributed by atoms with Crippen LogP contribution in [0.15, 0.2) is 40.8 Å². The first-order chi connectivity index (χ1) is 7.86. The van der Waals surface area contributed by atoms with Gasteiger partial charge in [0.1, 0.15) is 12.4 Å². The minimum atomic E-state index is -0.565. The Morgan fingerprint density at radius 3 is 2.71 bits per heavy atom. The Balaban J connectivity index is 0.00000108. The summed E-state index contributed by atoms with van der Waals surface area (Å²) in [4.78, 5) is 0.918. The molecule has 2 aromatic heterocycles. The summed E-state index contributed by atoms with van der Waals surface area (Å²) >= 11 is 1.60. The van der Waals surface area contributed by atoms with Gasteiger partial charge in [-0.1, -0.05) is 18.2 Å². The molecule has 1 aromatic carbocycles. The van der Waals surface area contributed by atoms with E-state index in [0.29, 0.717) is 11.5 Å². The molecule has 0 spiro atoms. The zero-order valence-electron chi connectivity index (χ0n) is 8.68. The van der Waals surface area contributed by atoms with Gasteiger partial charge in [0.15, 0.2) is 0 Å². The van der Waals surface area contributed by atoms with E-state index in [4.69, 9.17) is 4.42 Å². The molecule has 0 saturated heterocycles. The zero-order chi connectivity index (χ0) is 11.0. The monoisotopic (exact) mass is 426 g/mol. The number of furan rings is 1. The Hall–Kier alpha value is -0.922. The van der Waals surface area contributed by atoms with E-state index in [9.17, 15) is 4.39 Å². The standard InChI is InChI=1S/C13H8FOS.Pt/c14-8-10-5-6-11(15-10)13-7-9-3-1-2-4-12(9)16-13;/h1-6H,8H2;/q-1;. The molecule has 2 heterocycles. The van der Waals surface area contributed by atoms with E-state index in [1.54, 1.807) is 23.5 Å². The van der Waals surface area contributed by atoms with Crippen LogP contribution in [0.3, 0.4) is 0 Å². The van der Waals surface area contributed by atoms with Crippen LogP contribution in [0.4, 0.5) is 4.39 Å². The third-order valence-corrected chi connectivity index (χ3v) is 3.45. The van der Waals surface area contributed by atoms with Crippen LogP contribution in [0.25, 0.3) is 20.7 Å². The Morgan fingerprint density at radius 1 is 1.18 bits per heavy atom. The minimum Gasteiger partial charge on any atom is -0.500 e. The maximum atomic E-state index is 12.4. The van der Waals surface area contributed by atoms with Crippen LogP contribution in [-0.4, -0.2) is 0 Å². The molecule has 17 heavy (non-hydrogen) atoms. The molecule has 0 bridgehead atoms. The normalized spacial score (nSPS) is 10.4. The number of rotatable bonds is 2. The first-order valence-corrected chi connectivity index (χ1v) is 5.74. The van der Waals surface area contributed by atoms with Crippen LogP contribution in [0.2, 0.25) is 0 Å². The molecule has 0 amide bonds. The van der Waals surface area contributed by atoms with Crippen molar-refractivity contribution in [1.82, 2.24) is 0 Å². The Morgan fingerprint density at radius 2 is 2.00 bits per heavy atom. The second-order valence-electron chi connectivity index (χ2n) is 3.45. The summed E-state index contributed by atoms with van der Waals surface area (Å²) in [7, 11) is 0. The number of thiophene rings is 1. The zero-order valence-corrected chi connectivity index (χ0v) is 11.8. The molecule has 0 aliphatic rings.